The first-order valence-electron chi connectivity index (χ1n) is 6.33. The van der Waals surface area contributed by atoms with Crippen molar-refractivity contribution in [3.05, 3.63) is 34.3 Å². The fourth-order valence-corrected chi connectivity index (χ4v) is 2.71. The summed E-state index contributed by atoms with van der Waals surface area (Å²) in [5, 5.41) is 9.37. The predicted molar refractivity (Wildman–Crippen MR) is 73.4 cm³/mol. The first-order valence-corrected chi connectivity index (χ1v) is 6.71. The van der Waals surface area contributed by atoms with E-state index in [1.807, 2.05) is 6.07 Å². The summed E-state index contributed by atoms with van der Waals surface area (Å²) in [6.45, 7) is 1.45. The fraction of sp³-hybridized carbons (Fsp3) is 0.429. The van der Waals surface area contributed by atoms with Crippen molar-refractivity contribution < 1.29 is 4.79 Å². The third-order valence-corrected chi connectivity index (χ3v) is 3.85. The Morgan fingerprint density at radius 2 is 2.32 bits per heavy atom. The summed E-state index contributed by atoms with van der Waals surface area (Å²) in [5.41, 5.74) is 6.90. The van der Waals surface area contributed by atoms with Crippen LogP contribution in [0.1, 0.15) is 30.4 Å². The van der Waals surface area contributed by atoms with Gasteiger partial charge in [0.25, 0.3) is 0 Å². The van der Waals surface area contributed by atoms with E-state index in [1.54, 1.807) is 12.1 Å². The minimum Gasteiger partial charge on any atom is -0.368 e. The summed E-state index contributed by atoms with van der Waals surface area (Å²) in [6.07, 6.45) is 2.91. The molecule has 1 aromatic rings. The number of nitrogens with two attached hydrogens (primary N) is 1. The number of rotatable bonds is 3. The number of hydrogen-bond donors (Lipinski definition) is 1. The van der Waals surface area contributed by atoms with Crippen LogP contribution in [0.25, 0.3) is 0 Å². The average molecular weight is 278 g/mol. The molecular formula is C14H16ClN3O. The highest BCUT2D eigenvalue weighted by Crippen LogP contribution is 2.24. The summed E-state index contributed by atoms with van der Waals surface area (Å²) >= 11 is 6.16. The summed E-state index contributed by atoms with van der Waals surface area (Å²) in [7, 11) is 0. The third kappa shape index (κ3) is 3.25. The number of primary amides is 1. The van der Waals surface area contributed by atoms with Crippen LogP contribution in [0.3, 0.4) is 0 Å². The smallest absolute Gasteiger partial charge is 0.234 e. The van der Waals surface area contributed by atoms with Crippen molar-refractivity contribution in [2.24, 2.45) is 5.73 Å². The van der Waals surface area contributed by atoms with E-state index in [9.17, 15) is 4.79 Å². The molecule has 4 nitrogen and oxygen atoms in total. The van der Waals surface area contributed by atoms with Gasteiger partial charge in [0.1, 0.15) is 0 Å². The highest BCUT2D eigenvalue weighted by atomic mass is 35.5. The predicted octanol–water partition coefficient (Wildman–Crippen LogP) is 2.05. The monoisotopic (exact) mass is 277 g/mol. The first-order chi connectivity index (χ1) is 9.11. The van der Waals surface area contributed by atoms with Crippen LogP contribution >= 0.6 is 11.6 Å². The van der Waals surface area contributed by atoms with Crippen LogP contribution in [0.5, 0.6) is 0 Å². The van der Waals surface area contributed by atoms with Gasteiger partial charge in [-0.1, -0.05) is 24.1 Å². The van der Waals surface area contributed by atoms with Crippen LogP contribution in [0.15, 0.2) is 18.2 Å². The number of likely N-dealkylation sites (tertiary alicyclic amines) is 1. The van der Waals surface area contributed by atoms with Crippen LogP contribution in [-0.2, 0) is 11.3 Å². The molecule has 1 aliphatic heterocycles. The topological polar surface area (TPSA) is 70.1 Å². The lowest BCUT2D eigenvalue weighted by atomic mass is 10.0. The molecule has 1 fully saturated rings. The van der Waals surface area contributed by atoms with Crippen molar-refractivity contribution >= 4 is 17.5 Å². The van der Waals surface area contributed by atoms with E-state index in [0.717, 1.165) is 31.4 Å². The molecule has 2 rings (SSSR count). The van der Waals surface area contributed by atoms with E-state index in [1.165, 1.54) is 0 Å². The van der Waals surface area contributed by atoms with Gasteiger partial charge in [0, 0.05) is 11.6 Å². The largest absolute Gasteiger partial charge is 0.368 e. The number of piperidine rings is 1. The Hall–Kier alpha value is -1.57. The quantitative estimate of drug-likeness (QED) is 0.919. The number of hydrogen-bond acceptors (Lipinski definition) is 3. The van der Waals surface area contributed by atoms with Crippen molar-refractivity contribution in [3.63, 3.8) is 0 Å². The molecule has 5 heteroatoms. The molecule has 0 aromatic heterocycles. The number of nitrogens with zero attached hydrogens (tertiary/aromatic N) is 2. The second-order valence-corrected chi connectivity index (χ2v) is 5.21. The van der Waals surface area contributed by atoms with Gasteiger partial charge in [0.05, 0.1) is 17.7 Å². The summed E-state index contributed by atoms with van der Waals surface area (Å²) in [6, 6.07) is 7.08. The average Bonchev–Trinajstić information content (AvgIpc) is 2.41. The number of carbonyl (C=O) groups excluding carboxylic acids is 1. The molecular weight excluding hydrogens is 262 g/mol. The standard InChI is InChI=1S/C14H16ClN3O/c15-12-7-10(8-16)4-5-11(12)9-18-6-2-1-3-13(18)14(17)19/h4-5,7,13H,1-3,6,9H2,(H2,17,19). The lowest BCUT2D eigenvalue weighted by Crippen LogP contribution is -2.47. The number of halogens is 1. The van der Waals surface area contributed by atoms with Gasteiger partial charge in [-0.25, -0.2) is 0 Å². The Kier molecular flexibility index (Phi) is 4.41. The number of benzene rings is 1. The maximum atomic E-state index is 11.4. The van der Waals surface area contributed by atoms with E-state index >= 15 is 0 Å². The van der Waals surface area contributed by atoms with Gasteiger partial charge in [-0.15, -0.1) is 0 Å². The normalized spacial score (nSPS) is 19.9. The molecule has 2 N–H and O–H groups in total. The molecule has 1 aromatic carbocycles. The molecule has 0 bridgehead atoms. The Bertz CT molecular complexity index is 524. The number of amides is 1. The molecule has 0 radical (unpaired) electrons. The zero-order valence-electron chi connectivity index (χ0n) is 10.6. The van der Waals surface area contributed by atoms with Crippen LogP contribution in [0, 0.1) is 11.3 Å². The van der Waals surface area contributed by atoms with E-state index in [0.29, 0.717) is 17.1 Å². The summed E-state index contributed by atoms with van der Waals surface area (Å²) in [5.74, 6) is -0.274. The molecule has 0 spiro atoms. The van der Waals surface area contributed by atoms with Crippen molar-refractivity contribution in [3.8, 4) is 6.07 Å². The molecule has 1 saturated heterocycles. The van der Waals surface area contributed by atoms with Crippen molar-refractivity contribution in [2.45, 2.75) is 31.8 Å². The zero-order chi connectivity index (χ0) is 13.8. The van der Waals surface area contributed by atoms with Gasteiger partial charge < -0.3 is 5.73 Å². The molecule has 1 amide bonds. The lowest BCUT2D eigenvalue weighted by molar-refractivity contribution is -0.124. The Labute approximate surface area is 117 Å². The summed E-state index contributed by atoms with van der Waals surface area (Å²) in [4.78, 5) is 13.5. The van der Waals surface area contributed by atoms with Gasteiger partial charge in [0.15, 0.2) is 0 Å². The fourth-order valence-electron chi connectivity index (χ4n) is 2.47. The molecule has 1 unspecified atom stereocenters. The van der Waals surface area contributed by atoms with E-state index in [2.05, 4.69) is 11.0 Å². The Morgan fingerprint density at radius 1 is 1.53 bits per heavy atom. The van der Waals surface area contributed by atoms with Gasteiger partial charge in [-0.3, -0.25) is 9.69 Å². The maximum Gasteiger partial charge on any atom is 0.234 e. The van der Waals surface area contributed by atoms with Crippen LogP contribution in [0.4, 0.5) is 0 Å². The first kappa shape index (κ1) is 13.9. The minimum absolute atomic E-state index is 0.208. The van der Waals surface area contributed by atoms with E-state index < -0.39 is 0 Å². The molecule has 1 aliphatic rings. The van der Waals surface area contributed by atoms with Crippen LogP contribution in [0.2, 0.25) is 5.02 Å². The van der Waals surface area contributed by atoms with Gasteiger partial charge in [0.2, 0.25) is 5.91 Å². The Morgan fingerprint density at radius 3 is 2.95 bits per heavy atom. The molecule has 100 valence electrons. The number of nitriles is 1. The van der Waals surface area contributed by atoms with Crippen LogP contribution in [-0.4, -0.2) is 23.4 Å². The minimum atomic E-state index is -0.274. The van der Waals surface area contributed by atoms with Gasteiger partial charge in [-0.05, 0) is 37.1 Å². The highest BCUT2D eigenvalue weighted by Gasteiger charge is 2.27. The van der Waals surface area contributed by atoms with Crippen molar-refractivity contribution in [1.29, 1.82) is 5.26 Å². The van der Waals surface area contributed by atoms with Crippen molar-refractivity contribution in [1.82, 2.24) is 4.90 Å². The SMILES string of the molecule is N#Cc1ccc(CN2CCCCC2C(N)=O)c(Cl)c1. The maximum absolute atomic E-state index is 11.4. The lowest BCUT2D eigenvalue weighted by Gasteiger charge is -2.33. The highest BCUT2D eigenvalue weighted by molar-refractivity contribution is 6.31. The second kappa shape index (κ2) is 6.05. The Balaban J connectivity index is 2.15. The molecule has 0 saturated carbocycles. The van der Waals surface area contributed by atoms with E-state index in [-0.39, 0.29) is 11.9 Å². The molecule has 1 heterocycles. The zero-order valence-corrected chi connectivity index (χ0v) is 11.4. The number of carbonyl (C=O) groups is 1. The van der Waals surface area contributed by atoms with Crippen molar-refractivity contribution in [2.75, 3.05) is 6.54 Å². The van der Waals surface area contributed by atoms with Crippen LogP contribution < -0.4 is 5.73 Å². The molecule has 0 aliphatic carbocycles. The van der Waals surface area contributed by atoms with Gasteiger partial charge in [-0.2, -0.15) is 5.26 Å². The second-order valence-electron chi connectivity index (χ2n) is 4.80. The molecule has 1 atom stereocenters. The summed E-state index contributed by atoms with van der Waals surface area (Å²) < 4.78 is 0. The third-order valence-electron chi connectivity index (χ3n) is 3.50. The van der Waals surface area contributed by atoms with E-state index in [4.69, 9.17) is 22.6 Å². The van der Waals surface area contributed by atoms with Gasteiger partial charge >= 0.3 is 0 Å². The molecule has 19 heavy (non-hydrogen) atoms.